The summed E-state index contributed by atoms with van der Waals surface area (Å²) in [7, 11) is 1.62. The molecular formula is C22H30N4O3. The second-order valence-corrected chi connectivity index (χ2v) is 7.70. The van der Waals surface area contributed by atoms with Crippen LogP contribution in [0.15, 0.2) is 36.7 Å². The quantitative estimate of drug-likeness (QED) is 0.731. The van der Waals surface area contributed by atoms with Crippen molar-refractivity contribution in [2.45, 2.75) is 33.1 Å². The lowest BCUT2D eigenvalue weighted by atomic mass is 9.96. The fourth-order valence-electron chi connectivity index (χ4n) is 3.36. The first kappa shape index (κ1) is 20.9. The van der Waals surface area contributed by atoms with E-state index in [9.17, 15) is 4.79 Å². The van der Waals surface area contributed by atoms with Gasteiger partial charge in [-0.1, -0.05) is 19.9 Å². The number of nitrogens with one attached hydrogen (secondary N) is 1. The zero-order valence-electron chi connectivity index (χ0n) is 17.4. The number of carbonyl (C=O) groups is 1. The normalized spacial score (nSPS) is 14.7. The van der Waals surface area contributed by atoms with Gasteiger partial charge in [0, 0.05) is 44.0 Å². The third-order valence-corrected chi connectivity index (χ3v) is 5.09. The molecule has 0 radical (unpaired) electrons. The summed E-state index contributed by atoms with van der Waals surface area (Å²) < 4.78 is 11.2. The highest BCUT2D eigenvalue weighted by Gasteiger charge is 2.27. The molecule has 7 heteroatoms. The fourth-order valence-corrected chi connectivity index (χ4v) is 3.36. The number of aromatic nitrogens is 2. The van der Waals surface area contributed by atoms with Gasteiger partial charge in [-0.05, 0) is 37.3 Å². The Morgan fingerprint density at radius 3 is 2.66 bits per heavy atom. The van der Waals surface area contributed by atoms with Crippen LogP contribution in [0.3, 0.4) is 0 Å². The maximum absolute atomic E-state index is 12.4. The molecule has 0 atom stereocenters. The number of nitrogens with zero attached hydrogens (tertiary/aromatic N) is 3. The van der Waals surface area contributed by atoms with Gasteiger partial charge in [0.05, 0.1) is 7.11 Å². The minimum absolute atomic E-state index is 0.0536. The molecule has 0 unspecified atom stereocenters. The molecule has 1 aliphatic heterocycles. The third-order valence-electron chi connectivity index (χ3n) is 5.09. The number of hydrogen-bond acceptors (Lipinski definition) is 6. The van der Waals surface area contributed by atoms with E-state index < -0.39 is 0 Å². The maximum atomic E-state index is 12.4. The van der Waals surface area contributed by atoms with Crippen molar-refractivity contribution in [3.8, 4) is 17.4 Å². The van der Waals surface area contributed by atoms with Gasteiger partial charge in [0.2, 0.25) is 5.91 Å². The zero-order chi connectivity index (χ0) is 20.6. The predicted octanol–water partition coefficient (Wildman–Crippen LogP) is 3.66. The average molecular weight is 399 g/mol. The van der Waals surface area contributed by atoms with Crippen LogP contribution in [-0.2, 0) is 4.79 Å². The molecular weight excluding hydrogens is 368 g/mol. The molecule has 7 nitrogen and oxygen atoms in total. The summed E-state index contributed by atoms with van der Waals surface area (Å²) >= 11 is 0. The van der Waals surface area contributed by atoms with Crippen LogP contribution in [0.5, 0.6) is 17.4 Å². The van der Waals surface area contributed by atoms with Crippen molar-refractivity contribution in [3.63, 3.8) is 0 Å². The first-order valence-corrected chi connectivity index (χ1v) is 10.2. The van der Waals surface area contributed by atoms with Gasteiger partial charge in [-0.2, -0.15) is 0 Å². The van der Waals surface area contributed by atoms with Crippen LogP contribution in [-0.4, -0.2) is 42.6 Å². The van der Waals surface area contributed by atoms with Crippen molar-refractivity contribution in [2.24, 2.45) is 11.8 Å². The van der Waals surface area contributed by atoms with Gasteiger partial charge >= 0.3 is 0 Å². The van der Waals surface area contributed by atoms with Crippen LogP contribution in [0, 0.1) is 11.8 Å². The van der Waals surface area contributed by atoms with Crippen LogP contribution < -0.4 is 19.7 Å². The Balaban J connectivity index is 1.60. The van der Waals surface area contributed by atoms with Gasteiger partial charge < -0.3 is 19.7 Å². The molecule has 2 aromatic rings. The smallest absolute Gasteiger partial charge is 0.263 e. The minimum atomic E-state index is 0.0536. The van der Waals surface area contributed by atoms with Crippen molar-refractivity contribution in [3.05, 3.63) is 36.7 Å². The molecule has 0 aliphatic carbocycles. The molecule has 29 heavy (non-hydrogen) atoms. The summed E-state index contributed by atoms with van der Waals surface area (Å²) in [5, 5.41) is 3.07. The Kier molecular flexibility index (Phi) is 7.27. The van der Waals surface area contributed by atoms with E-state index in [2.05, 4.69) is 34.0 Å². The van der Waals surface area contributed by atoms with Gasteiger partial charge in [0.25, 0.3) is 5.88 Å². The molecule has 1 amide bonds. The van der Waals surface area contributed by atoms with Gasteiger partial charge in [0.15, 0.2) is 5.82 Å². The molecule has 0 saturated carbocycles. The number of rotatable bonds is 8. The largest absolute Gasteiger partial charge is 0.497 e. The van der Waals surface area contributed by atoms with E-state index in [1.165, 1.54) is 0 Å². The molecule has 156 valence electrons. The van der Waals surface area contributed by atoms with Crippen molar-refractivity contribution in [1.29, 1.82) is 0 Å². The summed E-state index contributed by atoms with van der Waals surface area (Å²) in [5.74, 6) is 3.34. The molecule has 0 spiro atoms. The Hall–Kier alpha value is -2.83. The second-order valence-electron chi connectivity index (χ2n) is 7.70. The lowest BCUT2D eigenvalue weighted by Gasteiger charge is -2.32. The standard InChI is InChI=1S/C22H30N4O3/c1-16(2)7-10-24-21(27)17-8-13-26(14-9-17)20-22(25-12-11-23-20)29-19-6-4-5-18(15-19)28-3/h4-6,11-12,15-17H,7-10,13-14H2,1-3H3,(H,24,27). The highest BCUT2D eigenvalue weighted by atomic mass is 16.5. The number of ether oxygens (including phenoxy) is 2. The van der Waals surface area contributed by atoms with Crippen LogP contribution in [0.25, 0.3) is 0 Å². The van der Waals surface area contributed by atoms with Crippen LogP contribution >= 0.6 is 0 Å². The first-order valence-electron chi connectivity index (χ1n) is 10.2. The van der Waals surface area contributed by atoms with Gasteiger partial charge in [0.1, 0.15) is 11.5 Å². The number of hydrogen-bond donors (Lipinski definition) is 1. The number of carbonyl (C=O) groups excluding carboxylic acids is 1. The zero-order valence-corrected chi connectivity index (χ0v) is 17.4. The average Bonchev–Trinajstić information content (AvgIpc) is 2.74. The van der Waals surface area contributed by atoms with Crippen LogP contribution in [0.1, 0.15) is 33.1 Å². The summed E-state index contributed by atoms with van der Waals surface area (Å²) in [6.45, 7) is 6.57. The van der Waals surface area contributed by atoms with E-state index in [0.29, 0.717) is 23.4 Å². The van der Waals surface area contributed by atoms with E-state index >= 15 is 0 Å². The molecule has 1 N–H and O–H groups in total. The lowest BCUT2D eigenvalue weighted by molar-refractivity contribution is -0.125. The molecule has 1 aromatic carbocycles. The Morgan fingerprint density at radius 1 is 1.21 bits per heavy atom. The first-order chi connectivity index (χ1) is 14.1. The maximum Gasteiger partial charge on any atom is 0.263 e. The van der Waals surface area contributed by atoms with Crippen LogP contribution in [0.2, 0.25) is 0 Å². The van der Waals surface area contributed by atoms with Crippen molar-refractivity contribution in [2.75, 3.05) is 31.6 Å². The minimum Gasteiger partial charge on any atom is -0.497 e. The molecule has 1 aromatic heterocycles. The number of piperidine rings is 1. The molecule has 1 aliphatic rings. The summed E-state index contributed by atoms with van der Waals surface area (Å²) in [4.78, 5) is 23.4. The number of methoxy groups -OCH3 is 1. The van der Waals surface area contributed by atoms with Gasteiger partial charge in [-0.25, -0.2) is 9.97 Å². The van der Waals surface area contributed by atoms with E-state index in [0.717, 1.165) is 44.6 Å². The number of benzene rings is 1. The van der Waals surface area contributed by atoms with E-state index in [4.69, 9.17) is 9.47 Å². The second kappa shape index (κ2) is 10.1. The van der Waals surface area contributed by atoms with Crippen LogP contribution in [0.4, 0.5) is 5.82 Å². The molecule has 3 rings (SSSR count). The lowest BCUT2D eigenvalue weighted by Crippen LogP contribution is -2.41. The molecule has 1 saturated heterocycles. The van der Waals surface area contributed by atoms with Gasteiger partial charge in [-0.15, -0.1) is 0 Å². The third kappa shape index (κ3) is 5.82. The van der Waals surface area contributed by atoms with Crippen molar-refractivity contribution in [1.82, 2.24) is 15.3 Å². The summed E-state index contributed by atoms with van der Waals surface area (Å²) in [5.41, 5.74) is 0. The van der Waals surface area contributed by atoms with E-state index in [1.54, 1.807) is 19.5 Å². The Labute approximate surface area is 172 Å². The number of anilines is 1. The van der Waals surface area contributed by atoms with Gasteiger partial charge in [-0.3, -0.25) is 4.79 Å². The molecule has 0 bridgehead atoms. The Morgan fingerprint density at radius 2 is 1.93 bits per heavy atom. The summed E-state index contributed by atoms with van der Waals surface area (Å²) in [6.07, 6.45) is 5.88. The highest BCUT2D eigenvalue weighted by Crippen LogP contribution is 2.32. The van der Waals surface area contributed by atoms with Crippen molar-refractivity contribution >= 4 is 11.7 Å². The topological polar surface area (TPSA) is 76.6 Å². The SMILES string of the molecule is COc1cccc(Oc2nccnc2N2CCC(C(=O)NCCC(C)C)CC2)c1. The molecule has 1 fully saturated rings. The van der Waals surface area contributed by atoms with Crippen molar-refractivity contribution < 1.29 is 14.3 Å². The summed E-state index contributed by atoms with van der Waals surface area (Å²) in [6, 6.07) is 7.40. The molecule has 2 heterocycles. The fraction of sp³-hybridized carbons (Fsp3) is 0.500. The van der Waals surface area contributed by atoms with E-state index in [1.807, 2.05) is 24.3 Å². The monoisotopic (exact) mass is 398 g/mol. The van der Waals surface area contributed by atoms with E-state index in [-0.39, 0.29) is 11.8 Å². The Bertz CT molecular complexity index is 804. The number of amides is 1. The predicted molar refractivity (Wildman–Crippen MR) is 113 cm³/mol. The highest BCUT2D eigenvalue weighted by molar-refractivity contribution is 5.79.